The molecule has 1 heterocycles. The van der Waals surface area contributed by atoms with Gasteiger partial charge in [0.05, 0.1) is 17.6 Å². The quantitative estimate of drug-likeness (QED) is 0.929. The molecule has 2 aromatic rings. The van der Waals surface area contributed by atoms with Gasteiger partial charge in [-0.1, -0.05) is 11.6 Å². The summed E-state index contributed by atoms with van der Waals surface area (Å²) in [5.41, 5.74) is 1.54. The summed E-state index contributed by atoms with van der Waals surface area (Å²) < 4.78 is 13.5. The number of aromatic nitrogens is 2. The topological polar surface area (TPSA) is 46.0 Å². The average Bonchev–Trinajstić information content (AvgIpc) is 2.34. The van der Waals surface area contributed by atoms with Crippen LogP contribution in [0.5, 0.6) is 0 Å². The molecule has 1 N–H and O–H groups in total. The molecular weight excluding hydrogens is 255 g/mol. The molecule has 1 unspecified atom stereocenters. The maximum atomic E-state index is 13.5. The van der Waals surface area contributed by atoms with Crippen LogP contribution in [0.1, 0.15) is 23.1 Å². The van der Waals surface area contributed by atoms with E-state index in [0.29, 0.717) is 16.3 Å². The summed E-state index contributed by atoms with van der Waals surface area (Å²) in [5.74, 6) is -0.390. The Morgan fingerprint density at radius 3 is 2.78 bits per heavy atom. The molecule has 2 rings (SSSR count). The highest BCUT2D eigenvalue weighted by atomic mass is 35.5. The van der Waals surface area contributed by atoms with Crippen molar-refractivity contribution < 1.29 is 9.50 Å². The van der Waals surface area contributed by atoms with Gasteiger partial charge in [-0.15, -0.1) is 0 Å². The zero-order valence-corrected chi connectivity index (χ0v) is 10.5. The first-order valence-corrected chi connectivity index (χ1v) is 5.84. The van der Waals surface area contributed by atoms with E-state index >= 15 is 0 Å². The van der Waals surface area contributed by atoms with E-state index in [0.717, 1.165) is 5.69 Å². The van der Waals surface area contributed by atoms with Crippen LogP contribution in [0.2, 0.25) is 5.02 Å². The molecule has 1 atom stereocenters. The van der Waals surface area contributed by atoms with Crippen LogP contribution in [0.3, 0.4) is 0 Å². The van der Waals surface area contributed by atoms with Crippen LogP contribution in [-0.4, -0.2) is 15.1 Å². The molecule has 0 saturated heterocycles. The monoisotopic (exact) mass is 266 g/mol. The van der Waals surface area contributed by atoms with Crippen molar-refractivity contribution in [3.63, 3.8) is 0 Å². The molecule has 0 bridgehead atoms. The standard InChI is InChI=1S/C13H12ClFN2O/c1-8-6-17-12(7-16-8)13(18)5-9-4-10(14)2-3-11(9)15/h2-4,6-7,13,18H,5H2,1H3. The lowest BCUT2D eigenvalue weighted by Gasteiger charge is -2.10. The highest BCUT2D eigenvalue weighted by Gasteiger charge is 2.13. The Morgan fingerprint density at radius 1 is 1.33 bits per heavy atom. The van der Waals surface area contributed by atoms with Crippen molar-refractivity contribution in [3.05, 3.63) is 58.4 Å². The fraction of sp³-hybridized carbons (Fsp3) is 0.231. The van der Waals surface area contributed by atoms with E-state index < -0.39 is 11.9 Å². The molecule has 3 nitrogen and oxygen atoms in total. The molecule has 0 aliphatic heterocycles. The fourth-order valence-electron chi connectivity index (χ4n) is 1.59. The van der Waals surface area contributed by atoms with E-state index in [9.17, 15) is 9.50 Å². The molecule has 0 radical (unpaired) electrons. The molecule has 18 heavy (non-hydrogen) atoms. The average molecular weight is 267 g/mol. The first kappa shape index (κ1) is 12.9. The summed E-state index contributed by atoms with van der Waals surface area (Å²) in [6.07, 6.45) is 2.27. The Morgan fingerprint density at radius 2 is 2.11 bits per heavy atom. The Bertz CT molecular complexity index is 545. The van der Waals surface area contributed by atoms with E-state index in [2.05, 4.69) is 9.97 Å². The SMILES string of the molecule is Cc1cnc(C(O)Cc2cc(Cl)ccc2F)cn1. The molecule has 0 aliphatic carbocycles. The lowest BCUT2D eigenvalue weighted by atomic mass is 10.1. The lowest BCUT2D eigenvalue weighted by Crippen LogP contribution is -2.06. The van der Waals surface area contributed by atoms with Gasteiger partial charge in [0.25, 0.3) is 0 Å². The number of rotatable bonds is 3. The van der Waals surface area contributed by atoms with Crippen LogP contribution in [0.25, 0.3) is 0 Å². The largest absolute Gasteiger partial charge is 0.386 e. The van der Waals surface area contributed by atoms with E-state index in [-0.39, 0.29) is 6.42 Å². The zero-order valence-electron chi connectivity index (χ0n) is 9.77. The van der Waals surface area contributed by atoms with Crippen LogP contribution in [-0.2, 0) is 6.42 Å². The highest BCUT2D eigenvalue weighted by molar-refractivity contribution is 6.30. The molecule has 0 amide bonds. The third-order valence-electron chi connectivity index (χ3n) is 2.56. The van der Waals surface area contributed by atoms with Gasteiger partial charge in [0.2, 0.25) is 0 Å². The number of aryl methyl sites for hydroxylation is 1. The van der Waals surface area contributed by atoms with E-state index in [4.69, 9.17) is 11.6 Å². The molecule has 0 aliphatic rings. The highest BCUT2D eigenvalue weighted by Crippen LogP contribution is 2.21. The van der Waals surface area contributed by atoms with Crippen molar-refractivity contribution in [2.24, 2.45) is 0 Å². The van der Waals surface area contributed by atoms with Gasteiger partial charge in [-0.2, -0.15) is 0 Å². The van der Waals surface area contributed by atoms with Gasteiger partial charge in [0, 0.05) is 17.6 Å². The van der Waals surface area contributed by atoms with Crippen molar-refractivity contribution >= 4 is 11.6 Å². The van der Waals surface area contributed by atoms with Crippen molar-refractivity contribution in [3.8, 4) is 0 Å². The molecule has 1 aromatic carbocycles. The predicted octanol–water partition coefficient (Wildman–Crippen LogP) is 2.85. The number of aliphatic hydroxyl groups is 1. The van der Waals surface area contributed by atoms with Crippen molar-refractivity contribution in [1.82, 2.24) is 9.97 Å². The maximum absolute atomic E-state index is 13.5. The smallest absolute Gasteiger partial charge is 0.126 e. The minimum absolute atomic E-state index is 0.115. The summed E-state index contributed by atoms with van der Waals surface area (Å²) in [4.78, 5) is 8.10. The van der Waals surface area contributed by atoms with E-state index in [1.54, 1.807) is 13.1 Å². The molecule has 0 saturated carbocycles. The Hall–Kier alpha value is -1.52. The van der Waals surface area contributed by atoms with Crippen molar-refractivity contribution in [2.75, 3.05) is 0 Å². The normalized spacial score (nSPS) is 12.4. The molecule has 0 spiro atoms. The van der Waals surface area contributed by atoms with Gasteiger partial charge < -0.3 is 5.11 Å². The van der Waals surface area contributed by atoms with Crippen LogP contribution in [0.4, 0.5) is 4.39 Å². The fourth-order valence-corrected chi connectivity index (χ4v) is 1.78. The maximum Gasteiger partial charge on any atom is 0.126 e. The first-order chi connectivity index (χ1) is 8.56. The van der Waals surface area contributed by atoms with Crippen molar-refractivity contribution in [1.29, 1.82) is 0 Å². The van der Waals surface area contributed by atoms with E-state index in [1.165, 1.54) is 24.4 Å². The third-order valence-corrected chi connectivity index (χ3v) is 2.80. The molecule has 0 fully saturated rings. The van der Waals surface area contributed by atoms with Gasteiger partial charge in [-0.3, -0.25) is 9.97 Å². The molecule has 1 aromatic heterocycles. The molecule has 5 heteroatoms. The van der Waals surface area contributed by atoms with Gasteiger partial charge in [-0.25, -0.2) is 4.39 Å². The van der Waals surface area contributed by atoms with Gasteiger partial charge >= 0.3 is 0 Å². The first-order valence-electron chi connectivity index (χ1n) is 5.47. The number of halogens is 2. The number of aliphatic hydroxyl groups excluding tert-OH is 1. The lowest BCUT2D eigenvalue weighted by molar-refractivity contribution is 0.172. The molecule has 94 valence electrons. The van der Waals surface area contributed by atoms with Crippen molar-refractivity contribution in [2.45, 2.75) is 19.4 Å². The van der Waals surface area contributed by atoms with Gasteiger partial charge in [-0.05, 0) is 30.7 Å². The Kier molecular flexibility index (Phi) is 3.89. The summed E-state index contributed by atoms with van der Waals surface area (Å²) in [7, 11) is 0. The number of hydrogen-bond acceptors (Lipinski definition) is 3. The molecular formula is C13H12ClFN2O. The van der Waals surface area contributed by atoms with E-state index in [1.807, 2.05) is 0 Å². The summed E-state index contributed by atoms with van der Waals surface area (Å²) in [6.45, 7) is 1.81. The second-order valence-corrected chi connectivity index (χ2v) is 4.47. The van der Waals surface area contributed by atoms with Crippen LogP contribution >= 0.6 is 11.6 Å². The van der Waals surface area contributed by atoms with Crippen LogP contribution in [0, 0.1) is 12.7 Å². The summed E-state index contributed by atoms with van der Waals surface area (Å²) >= 11 is 5.79. The van der Waals surface area contributed by atoms with Crippen LogP contribution < -0.4 is 0 Å². The summed E-state index contributed by atoms with van der Waals surface area (Å²) in [5, 5.41) is 10.4. The second-order valence-electron chi connectivity index (χ2n) is 4.04. The minimum atomic E-state index is -0.897. The number of benzene rings is 1. The minimum Gasteiger partial charge on any atom is -0.386 e. The predicted molar refractivity (Wildman–Crippen MR) is 66.8 cm³/mol. The van der Waals surface area contributed by atoms with Gasteiger partial charge in [0.15, 0.2) is 0 Å². The third kappa shape index (κ3) is 3.03. The second kappa shape index (κ2) is 5.42. The zero-order chi connectivity index (χ0) is 13.1. The number of nitrogens with zero attached hydrogens (tertiary/aromatic N) is 2. The number of hydrogen-bond donors (Lipinski definition) is 1. The summed E-state index contributed by atoms with van der Waals surface area (Å²) in [6, 6.07) is 4.26. The van der Waals surface area contributed by atoms with Gasteiger partial charge in [0.1, 0.15) is 11.9 Å². The Balaban J connectivity index is 2.18. The van der Waals surface area contributed by atoms with Crippen LogP contribution in [0.15, 0.2) is 30.6 Å². The Labute approximate surface area is 109 Å².